The highest BCUT2D eigenvalue weighted by Crippen LogP contribution is 2.37. The molecule has 1 unspecified atom stereocenters. The van der Waals surface area contributed by atoms with Crippen LogP contribution in [0.3, 0.4) is 0 Å². The molecule has 0 spiro atoms. The van der Waals surface area contributed by atoms with Gasteiger partial charge in [-0.05, 0) is 40.2 Å². The Morgan fingerprint density at radius 1 is 1.39 bits per heavy atom. The summed E-state index contributed by atoms with van der Waals surface area (Å²) in [4.78, 5) is 17.9. The molecule has 1 aliphatic rings. The van der Waals surface area contributed by atoms with Gasteiger partial charge in [0, 0.05) is 7.05 Å². The van der Waals surface area contributed by atoms with Crippen molar-refractivity contribution in [3.05, 3.63) is 40.9 Å². The molecule has 5 nitrogen and oxygen atoms in total. The maximum atomic E-state index is 12.2. The zero-order chi connectivity index (χ0) is 12.7. The molecule has 0 saturated carbocycles. The molecule has 0 saturated heterocycles. The molecule has 0 bridgehead atoms. The third-order valence-corrected chi connectivity index (χ3v) is 3.17. The number of pyridine rings is 1. The van der Waals surface area contributed by atoms with E-state index in [4.69, 9.17) is 9.15 Å². The average molecular weight is 309 g/mol. The maximum absolute atomic E-state index is 12.2. The van der Waals surface area contributed by atoms with Gasteiger partial charge in [-0.3, -0.25) is 9.69 Å². The molecule has 18 heavy (non-hydrogen) atoms. The van der Waals surface area contributed by atoms with Crippen molar-refractivity contribution in [1.82, 2.24) is 4.98 Å². The van der Waals surface area contributed by atoms with Crippen LogP contribution in [0.15, 0.2) is 39.5 Å². The van der Waals surface area contributed by atoms with Crippen molar-refractivity contribution in [2.75, 3.05) is 11.9 Å². The third-order valence-electron chi connectivity index (χ3n) is 2.72. The molecule has 0 fully saturated rings. The highest BCUT2D eigenvalue weighted by atomic mass is 79.9. The first-order chi connectivity index (χ1) is 8.66. The predicted octanol–water partition coefficient (Wildman–Crippen LogP) is 2.53. The predicted molar refractivity (Wildman–Crippen MR) is 67.4 cm³/mol. The number of carbonyl (C=O) groups excluding carboxylic acids is 1. The Kier molecular flexibility index (Phi) is 2.59. The van der Waals surface area contributed by atoms with Crippen molar-refractivity contribution in [2.45, 2.75) is 6.10 Å². The van der Waals surface area contributed by atoms with Crippen LogP contribution in [0, 0.1) is 0 Å². The number of halogens is 1. The number of furan rings is 1. The van der Waals surface area contributed by atoms with Gasteiger partial charge in [-0.2, -0.15) is 0 Å². The lowest BCUT2D eigenvalue weighted by Crippen LogP contribution is -2.38. The third kappa shape index (κ3) is 1.69. The smallest absolute Gasteiger partial charge is 0.277 e. The van der Waals surface area contributed by atoms with Crippen molar-refractivity contribution in [2.24, 2.45) is 0 Å². The van der Waals surface area contributed by atoms with E-state index in [1.165, 1.54) is 11.2 Å². The minimum absolute atomic E-state index is 0.206. The Hall–Kier alpha value is -1.82. The second kappa shape index (κ2) is 4.13. The van der Waals surface area contributed by atoms with Gasteiger partial charge in [0.2, 0.25) is 6.10 Å². The second-order valence-electron chi connectivity index (χ2n) is 3.87. The first-order valence-corrected chi connectivity index (χ1v) is 6.10. The summed E-state index contributed by atoms with van der Waals surface area (Å²) >= 11 is 3.27. The van der Waals surface area contributed by atoms with E-state index < -0.39 is 6.10 Å². The summed E-state index contributed by atoms with van der Waals surface area (Å²) < 4.78 is 11.5. The molecule has 0 aliphatic carbocycles. The molecular formula is C12H9BrN2O3. The number of hydrogen-bond acceptors (Lipinski definition) is 4. The zero-order valence-electron chi connectivity index (χ0n) is 9.46. The molecular weight excluding hydrogens is 300 g/mol. The topological polar surface area (TPSA) is 55.6 Å². The van der Waals surface area contributed by atoms with Crippen molar-refractivity contribution < 1.29 is 13.9 Å². The first-order valence-electron chi connectivity index (χ1n) is 5.31. The molecule has 1 amide bonds. The molecule has 1 aliphatic heterocycles. The van der Waals surface area contributed by atoms with Crippen LogP contribution in [0.2, 0.25) is 0 Å². The van der Waals surface area contributed by atoms with Crippen molar-refractivity contribution in [3.63, 3.8) is 0 Å². The van der Waals surface area contributed by atoms with Gasteiger partial charge in [-0.25, -0.2) is 4.98 Å². The Labute approximate surface area is 111 Å². The van der Waals surface area contributed by atoms with Gasteiger partial charge in [0.15, 0.2) is 17.3 Å². The van der Waals surface area contributed by atoms with Crippen LogP contribution in [-0.2, 0) is 4.79 Å². The van der Waals surface area contributed by atoms with Gasteiger partial charge in [-0.15, -0.1) is 0 Å². The maximum Gasteiger partial charge on any atom is 0.277 e. The second-order valence-corrected chi connectivity index (χ2v) is 4.68. The van der Waals surface area contributed by atoms with Crippen molar-refractivity contribution >= 4 is 27.7 Å². The lowest BCUT2D eigenvalue weighted by atomic mass is 10.2. The number of rotatable bonds is 1. The van der Waals surface area contributed by atoms with Crippen molar-refractivity contribution in [3.8, 4) is 5.75 Å². The molecule has 2 aromatic heterocycles. The van der Waals surface area contributed by atoms with E-state index in [1.54, 1.807) is 31.3 Å². The molecule has 2 aromatic rings. The molecule has 3 rings (SSSR count). The number of amides is 1. The molecule has 0 aromatic carbocycles. The quantitative estimate of drug-likeness (QED) is 0.760. The Morgan fingerprint density at radius 3 is 2.94 bits per heavy atom. The SMILES string of the molecule is CN1C(=O)C(c2ccco2)Oc2ccc(Br)nc21. The van der Waals surface area contributed by atoms with Gasteiger partial charge < -0.3 is 9.15 Å². The molecule has 6 heteroatoms. The van der Waals surface area contributed by atoms with E-state index in [0.29, 0.717) is 21.9 Å². The number of anilines is 1. The summed E-state index contributed by atoms with van der Waals surface area (Å²) in [5, 5.41) is 0. The number of nitrogens with zero attached hydrogens (tertiary/aromatic N) is 2. The highest BCUT2D eigenvalue weighted by Gasteiger charge is 2.36. The minimum Gasteiger partial charge on any atom is -0.469 e. The standard InChI is InChI=1S/C12H9BrN2O3/c1-15-11-8(4-5-9(13)14-11)18-10(12(15)16)7-3-2-6-17-7/h2-6,10H,1H3. The normalized spacial score (nSPS) is 18.4. The number of aromatic nitrogens is 1. The van der Waals surface area contributed by atoms with Crippen LogP contribution in [0.4, 0.5) is 5.82 Å². The summed E-state index contributed by atoms with van der Waals surface area (Å²) in [7, 11) is 1.67. The van der Waals surface area contributed by atoms with Gasteiger partial charge in [0.1, 0.15) is 4.60 Å². The zero-order valence-corrected chi connectivity index (χ0v) is 11.0. The van der Waals surface area contributed by atoms with E-state index >= 15 is 0 Å². The van der Waals surface area contributed by atoms with Crippen molar-refractivity contribution in [1.29, 1.82) is 0 Å². The van der Waals surface area contributed by atoms with Gasteiger partial charge in [-0.1, -0.05) is 0 Å². The molecule has 1 atom stereocenters. The summed E-state index contributed by atoms with van der Waals surface area (Å²) in [6.07, 6.45) is 0.766. The van der Waals surface area contributed by atoms with Crippen LogP contribution in [0.1, 0.15) is 11.9 Å². The fraction of sp³-hybridized carbons (Fsp3) is 0.167. The Balaban J connectivity index is 2.05. The van der Waals surface area contributed by atoms with Crippen LogP contribution < -0.4 is 9.64 Å². The number of ether oxygens (including phenoxy) is 1. The molecule has 92 valence electrons. The number of likely N-dealkylation sites (N-methyl/N-ethyl adjacent to an activating group) is 1. The van der Waals surface area contributed by atoms with E-state index in [2.05, 4.69) is 20.9 Å². The molecule has 3 heterocycles. The number of carbonyl (C=O) groups is 1. The fourth-order valence-electron chi connectivity index (χ4n) is 1.82. The van der Waals surface area contributed by atoms with Gasteiger partial charge >= 0.3 is 0 Å². The van der Waals surface area contributed by atoms with Crippen LogP contribution in [0.5, 0.6) is 5.75 Å². The summed E-state index contributed by atoms with van der Waals surface area (Å²) in [5.41, 5.74) is 0. The fourth-order valence-corrected chi connectivity index (χ4v) is 2.12. The van der Waals surface area contributed by atoms with Crippen LogP contribution in [0.25, 0.3) is 0 Å². The average Bonchev–Trinajstić information content (AvgIpc) is 2.88. The lowest BCUT2D eigenvalue weighted by molar-refractivity contribution is -0.127. The largest absolute Gasteiger partial charge is 0.469 e. The number of hydrogen-bond donors (Lipinski definition) is 0. The van der Waals surface area contributed by atoms with E-state index in [9.17, 15) is 4.79 Å². The Bertz CT molecular complexity index is 597. The van der Waals surface area contributed by atoms with Crippen LogP contribution >= 0.6 is 15.9 Å². The Morgan fingerprint density at radius 2 is 2.22 bits per heavy atom. The summed E-state index contributed by atoms with van der Waals surface area (Å²) in [6.45, 7) is 0. The highest BCUT2D eigenvalue weighted by molar-refractivity contribution is 9.10. The molecule has 0 radical (unpaired) electrons. The van der Waals surface area contributed by atoms with Gasteiger partial charge in [0.25, 0.3) is 5.91 Å². The first kappa shape index (κ1) is 11.3. The summed E-state index contributed by atoms with van der Waals surface area (Å²) in [6, 6.07) is 6.97. The van der Waals surface area contributed by atoms with E-state index in [0.717, 1.165) is 0 Å². The summed E-state index contributed by atoms with van der Waals surface area (Å²) in [5.74, 6) is 1.34. The minimum atomic E-state index is -0.750. The van der Waals surface area contributed by atoms with E-state index in [-0.39, 0.29) is 5.91 Å². The van der Waals surface area contributed by atoms with Gasteiger partial charge in [0.05, 0.1) is 6.26 Å². The van der Waals surface area contributed by atoms with E-state index in [1.807, 2.05) is 0 Å². The lowest BCUT2D eigenvalue weighted by Gasteiger charge is -2.29. The molecule has 0 N–H and O–H groups in total. The number of fused-ring (bicyclic) bond motifs is 1. The monoisotopic (exact) mass is 308 g/mol. The van der Waals surface area contributed by atoms with Crippen LogP contribution in [-0.4, -0.2) is 17.9 Å².